The standard InChI is InChI=1S/C24H25F3N4O2/c1-33-21-8-3-2-5-18(21)15-29-23(32)20-14-22(24(25,26)27)30-31(20)19-7-4-6-17(13-19)16-9-11-28-12-10-16/h2-8,13-14,16,28H,9-12,15H2,1H3,(H,29,32). The summed E-state index contributed by atoms with van der Waals surface area (Å²) in [4.78, 5) is 13.0. The van der Waals surface area contributed by atoms with Crippen molar-refractivity contribution in [3.8, 4) is 11.4 Å². The highest BCUT2D eigenvalue weighted by Crippen LogP contribution is 2.31. The zero-order chi connectivity index (χ0) is 23.4. The molecule has 1 aliphatic heterocycles. The van der Waals surface area contributed by atoms with Gasteiger partial charge < -0.3 is 15.4 Å². The second kappa shape index (κ2) is 9.66. The number of alkyl halides is 3. The minimum Gasteiger partial charge on any atom is -0.496 e. The highest BCUT2D eigenvalue weighted by atomic mass is 19.4. The van der Waals surface area contributed by atoms with Crippen molar-refractivity contribution in [1.29, 1.82) is 0 Å². The van der Waals surface area contributed by atoms with E-state index in [-0.39, 0.29) is 12.2 Å². The Morgan fingerprint density at radius 1 is 1.15 bits per heavy atom. The summed E-state index contributed by atoms with van der Waals surface area (Å²) in [5, 5.41) is 9.74. The van der Waals surface area contributed by atoms with Gasteiger partial charge in [-0.2, -0.15) is 18.3 Å². The molecule has 4 rings (SSSR count). The number of nitrogens with one attached hydrogen (secondary N) is 2. The Kier molecular flexibility index (Phi) is 6.69. The number of ether oxygens (including phenoxy) is 1. The second-order valence-electron chi connectivity index (χ2n) is 7.94. The molecule has 1 amide bonds. The highest BCUT2D eigenvalue weighted by Gasteiger charge is 2.36. The van der Waals surface area contributed by atoms with Gasteiger partial charge in [0.15, 0.2) is 5.69 Å². The van der Waals surface area contributed by atoms with Gasteiger partial charge in [0.05, 0.1) is 12.8 Å². The number of benzene rings is 2. The van der Waals surface area contributed by atoms with Crippen molar-refractivity contribution in [3.05, 3.63) is 77.1 Å². The SMILES string of the molecule is COc1ccccc1CNC(=O)c1cc(C(F)(F)F)nn1-c1cccc(C2CCNCC2)c1. The Balaban J connectivity index is 1.64. The van der Waals surface area contributed by atoms with Crippen LogP contribution in [0.5, 0.6) is 5.75 Å². The molecule has 0 spiro atoms. The number of carbonyl (C=O) groups excluding carboxylic acids is 1. The minimum atomic E-state index is -4.67. The smallest absolute Gasteiger partial charge is 0.435 e. The maximum atomic E-state index is 13.4. The molecular formula is C24H25F3N4O2. The Morgan fingerprint density at radius 3 is 2.64 bits per heavy atom. The van der Waals surface area contributed by atoms with E-state index in [1.807, 2.05) is 12.1 Å². The first kappa shape index (κ1) is 22.8. The van der Waals surface area contributed by atoms with E-state index < -0.39 is 17.8 Å². The molecule has 0 unspecified atom stereocenters. The summed E-state index contributed by atoms with van der Waals surface area (Å²) in [5.74, 6) is 0.236. The molecule has 1 aromatic heterocycles. The highest BCUT2D eigenvalue weighted by molar-refractivity contribution is 5.93. The molecule has 1 saturated heterocycles. The van der Waals surface area contributed by atoms with Crippen LogP contribution in [-0.4, -0.2) is 35.9 Å². The van der Waals surface area contributed by atoms with Crippen molar-refractivity contribution < 1.29 is 22.7 Å². The molecule has 1 fully saturated rings. The molecule has 1 aliphatic rings. The molecule has 3 aromatic rings. The van der Waals surface area contributed by atoms with E-state index in [9.17, 15) is 18.0 Å². The van der Waals surface area contributed by atoms with Gasteiger partial charge in [-0.25, -0.2) is 4.68 Å². The zero-order valence-electron chi connectivity index (χ0n) is 18.2. The molecule has 2 N–H and O–H groups in total. The number of halogens is 3. The number of hydrogen-bond acceptors (Lipinski definition) is 4. The van der Waals surface area contributed by atoms with Crippen LogP contribution in [0.25, 0.3) is 5.69 Å². The van der Waals surface area contributed by atoms with E-state index in [1.54, 1.807) is 36.4 Å². The van der Waals surface area contributed by atoms with Crippen LogP contribution in [0, 0.1) is 0 Å². The van der Waals surface area contributed by atoms with Crippen LogP contribution < -0.4 is 15.4 Å². The molecule has 174 valence electrons. The third-order valence-corrected chi connectivity index (χ3v) is 5.79. The summed E-state index contributed by atoms with van der Waals surface area (Å²) in [7, 11) is 1.51. The normalized spacial score (nSPS) is 14.8. The number of nitrogens with zero attached hydrogens (tertiary/aromatic N) is 2. The molecule has 0 saturated carbocycles. The van der Waals surface area contributed by atoms with Crippen LogP contribution in [0.4, 0.5) is 13.2 Å². The second-order valence-corrected chi connectivity index (χ2v) is 7.94. The van der Waals surface area contributed by atoms with E-state index in [1.165, 1.54) is 7.11 Å². The van der Waals surface area contributed by atoms with E-state index >= 15 is 0 Å². The van der Waals surface area contributed by atoms with Gasteiger partial charge in [-0.1, -0.05) is 30.3 Å². The predicted molar refractivity (Wildman–Crippen MR) is 118 cm³/mol. The average Bonchev–Trinajstić information content (AvgIpc) is 3.30. The van der Waals surface area contributed by atoms with Gasteiger partial charge in [-0.15, -0.1) is 0 Å². The number of para-hydroxylation sites is 1. The monoisotopic (exact) mass is 458 g/mol. The predicted octanol–water partition coefficient (Wildman–Crippen LogP) is 4.30. The summed E-state index contributed by atoms with van der Waals surface area (Å²) in [6, 6.07) is 15.1. The van der Waals surface area contributed by atoms with E-state index in [0.717, 1.165) is 42.2 Å². The van der Waals surface area contributed by atoms with E-state index in [2.05, 4.69) is 15.7 Å². The summed E-state index contributed by atoms with van der Waals surface area (Å²) < 4.78 is 46.7. The average molecular weight is 458 g/mol. The maximum absolute atomic E-state index is 13.4. The Bertz CT molecular complexity index is 1120. The summed E-state index contributed by atoms with van der Waals surface area (Å²) in [6.45, 7) is 1.89. The topological polar surface area (TPSA) is 68.2 Å². The third kappa shape index (κ3) is 5.19. The number of amides is 1. The zero-order valence-corrected chi connectivity index (χ0v) is 18.2. The fourth-order valence-electron chi connectivity index (χ4n) is 4.06. The molecule has 0 atom stereocenters. The van der Waals surface area contributed by atoms with Gasteiger partial charge in [-0.3, -0.25) is 4.79 Å². The number of aromatic nitrogens is 2. The van der Waals surface area contributed by atoms with Gasteiger partial charge in [0.1, 0.15) is 11.4 Å². The van der Waals surface area contributed by atoms with E-state index in [4.69, 9.17) is 4.74 Å². The number of carbonyl (C=O) groups is 1. The first-order valence-electron chi connectivity index (χ1n) is 10.7. The summed E-state index contributed by atoms with van der Waals surface area (Å²) in [6.07, 6.45) is -2.78. The van der Waals surface area contributed by atoms with Crippen LogP contribution in [0.15, 0.2) is 54.6 Å². The van der Waals surface area contributed by atoms with Gasteiger partial charge in [-0.05, 0) is 55.6 Å². The molecule has 0 aliphatic carbocycles. The van der Waals surface area contributed by atoms with Crippen molar-refractivity contribution >= 4 is 5.91 Å². The number of hydrogen-bond donors (Lipinski definition) is 2. The van der Waals surface area contributed by atoms with Gasteiger partial charge >= 0.3 is 6.18 Å². The summed E-state index contributed by atoms with van der Waals surface area (Å²) in [5.41, 5.74) is 0.864. The lowest BCUT2D eigenvalue weighted by Crippen LogP contribution is -2.27. The molecular weight excluding hydrogens is 433 g/mol. The van der Waals surface area contributed by atoms with Crippen molar-refractivity contribution in [3.63, 3.8) is 0 Å². The van der Waals surface area contributed by atoms with Crippen molar-refractivity contribution in [2.75, 3.05) is 20.2 Å². The van der Waals surface area contributed by atoms with Crippen LogP contribution in [0.3, 0.4) is 0 Å². The Morgan fingerprint density at radius 2 is 1.91 bits per heavy atom. The van der Waals surface area contributed by atoms with E-state index in [0.29, 0.717) is 22.9 Å². The molecule has 2 aromatic carbocycles. The van der Waals surface area contributed by atoms with Crippen molar-refractivity contribution in [2.45, 2.75) is 31.5 Å². The lowest BCUT2D eigenvalue weighted by Gasteiger charge is -2.23. The maximum Gasteiger partial charge on any atom is 0.435 e. The molecule has 0 bridgehead atoms. The molecule has 2 heterocycles. The quantitative estimate of drug-likeness (QED) is 0.578. The van der Waals surface area contributed by atoms with Gasteiger partial charge in [0.2, 0.25) is 0 Å². The Hall–Kier alpha value is -3.33. The van der Waals surface area contributed by atoms with Gasteiger partial charge in [0.25, 0.3) is 5.91 Å². The van der Waals surface area contributed by atoms with Crippen LogP contribution >= 0.6 is 0 Å². The van der Waals surface area contributed by atoms with Crippen LogP contribution in [-0.2, 0) is 12.7 Å². The Labute approximate surface area is 189 Å². The van der Waals surface area contributed by atoms with Crippen LogP contribution in [0.2, 0.25) is 0 Å². The minimum absolute atomic E-state index is 0.102. The molecule has 9 heteroatoms. The molecule has 33 heavy (non-hydrogen) atoms. The first-order chi connectivity index (χ1) is 15.9. The fraction of sp³-hybridized carbons (Fsp3) is 0.333. The van der Waals surface area contributed by atoms with Gasteiger partial charge in [0, 0.05) is 18.2 Å². The summed E-state index contributed by atoms with van der Waals surface area (Å²) >= 11 is 0. The number of piperidine rings is 1. The fourth-order valence-corrected chi connectivity index (χ4v) is 4.06. The van der Waals surface area contributed by atoms with Crippen molar-refractivity contribution in [2.24, 2.45) is 0 Å². The lowest BCUT2D eigenvalue weighted by molar-refractivity contribution is -0.141. The lowest BCUT2D eigenvalue weighted by atomic mass is 9.90. The number of methoxy groups -OCH3 is 1. The molecule has 0 radical (unpaired) electrons. The first-order valence-corrected chi connectivity index (χ1v) is 10.7. The largest absolute Gasteiger partial charge is 0.496 e. The number of rotatable bonds is 6. The van der Waals surface area contributed by atoms with Crippen molar-refractivity contribution in [1.82, 2.24) is 20.4 Å². The third-order valence-electron chi connectivity index (χ3n) is 5.79. The van der Waals surface area contributed by atoms with Crippen LogP contribution in [0.1, 0.15) is 46.1 Å². The molecule has 6 nitrogen and oxygen atoms in total.